The largest absolute Gasteiger partial charge is 1.00 e. The molecule has 0 bridgehead atoms. The summed E-state index contributed by atoms with van der Waals surface area (Å²) in [5.41, 5.74) is 26.3. The van der Waals surface area contributed by atoms with Crippen molar-refractivity contribution in [2.24, 2.45) is 16.6 Å². The zero-order valence-corrected chi connectivity index (χ0v) is 47.8. The van der Waals surface area contributed by atoms with Crippen LogP contribution in [0.25, 0.3) is 16.8 Å². The average molecular weight is 1170 g/mol. The summed E-state index contributed by atoms with van der Waals surface area (Å²) < 4.78 is 132. The molecular weight excluding hydrogens is 1110 g/mol. The van der Waals surface area contributed by atoms with Gasteiger partial charge in [-0.25, -0.2) is 9.67 Å². The van der Waals surface area contributed by atoms with Crippen LogP contribution in [-0.2, 0) is 50.7 Å². The van der Waals surface area contributed by atoms with Crippen LogP contribution in [0.15, 0.2) is 110 Å². The van der Waals surface area contributed by atoms with Gasteiger partial charge in [0.1, 0.15) is 21.9 Å². The van der Waals surface area contributed by atoms with Gasteiger partial charge in [0.2, 0.25) is 0 Å². The Morgan fingerprint density at radius 2 is 1.14 bits per heavy atom. The van der Waals surface area contributed by atoms with E-state index in [4.69, 9.17) is 48.7 Å². The number of Topliss-reactive ketones (excluding diaryl/α,β-unsaturated/α-hetero) is 1. The molecule has 33 heteroatoms. The number of aromatic nitrogens is 4. The molecule has 0 aliphatic rings. The van der Waals surface area contributed by atoms with Crippen molar-refractivity contribution in [1.29, 1.82) is 5.26 Å². The number of aryl methyl sites for hydroxylation is 2. The maximum atomic E-state index is 11.5. The topological polar surface area (TPSA) is 497 Å². The van der Waals surface area contributed by atoms with Gasteiger partial charge in [0.05, 0.1) is 33.7 Å². The number of carbonyl (C=O) groups excluding carboxylic acids is 1. The molecule has 0 radical (unpaired) electrons. The Morgan fingerprint density at radius 1 is 0.724 bits per heavy atom. The third kappa shape index (κ3) is 23.4. The Hall–Kier alpha value is -6.19. The van der Waals surface area contributed by atoms with Crippen LogP contribution in [0.4, 0.5) is 28.0 Å². The van der Waals surface area contributed by atoms with Gasteiger partial charge in [-0.15, -0.1) is 5.34 Å². The zero-order valence-electron chi connectivity index (χ0n) is 41.7. The Bertz CT molecular complexity index is 3340. The van der Waals surface area contributed by atoms with E-state index in [1.807, 2.05) is 47.6 Å². The second-order valence-electron chi connectivity index (χ2n) is 17.0. The first kappa shape index (κ1) is 71.9. The van der Waals surface area contributed by atoms with Crippen molar-refractivity contribution in [2.75, 3.05) is 28.4 Å². The van der Waals surface area contributed by atoms with Gasteiger partial charge < -0.3 is 38.5 Å². The van der Waals surface area contributed by atoms with Crippen molar-refractivity contribution >= 4 is 85.8 Å². The molecule has 0 aliphatic carbocycles. The molecule has 6 aromatic rings. The van der Waals surface area contributed by atoms with Gasteiger partial charge in [-0.2, -0.15) is 48.4 Å². The molecule has 0 saturated heterocycles. The van der Waals surface area contributed by atoms with Crippen LogP contribution < -0.4 is 63.8 Å². The molecule has 0 saturated carbocycles. The van der Waals surface area contributed by atoms with E-state index < -0.39 is 50.3 Å². The van der Waals surface area contributed by atoms with E-state index in [0.29, 0.717) is 33.5 Å². The summed E-state index contributed by atoms with van der Waals surface area (Å²) in [5, 5.41) is 22.1. The van der Waals surface area contributed by atoms with Gasteiger partial charge in [0.25, 0.3) is 40.5 Å². The van der Waals surface area contributed by atoms with Gasteiger partial charge in [0, 0.05) is 56.6 Å². The first-order chi connectivity index (χ1) is 33.7. The summed E-state index contributed by atoms with van der Waals surface area (Å²) in [6.07, 6.45) is 1.46. The van der Waals surface area contributed by atoms with Crippen molar-refractivity contribution in [2.45, 2.75) is 94.2 Å². The molecule has 0 fully saturated rings. The third-order valence-corrected chi connectivity index (χ3v) is 13.4. The minimum Gasteiger partial charge on any atom is -0.444 e. The fourth-order valence-electron chi connectivity index (χ4n) is 5.40. The minimum atomic E-state index is -4.66. The average Bonchev–Trinajstić information content (AvgIpc) is 3.92. The number of nitrogens with zero attached hydrogens (tertiary/aromatic N) is 6. The number of ketones is 1. The number of hydrogen-bond acceptors (Lipinski definition) is 23. The van der Waals surface area contributed by atoms with E-state index in [1.54, 1.807) is 44.2 Å². The predicted molar refractivity (Wildman–Crippen MR) is 285 cm³/mol. The normalized spacial score (nSPS) is 11.1. The van der Waals surface area contributed by atoms with Gasteiger partial charge >= 0.3 is 29.6 Å². The first-order valence-electron chi connectivity index (χ1n) is 20.4. The van der Waals surface area contributed by atoms with E-state index in [2.05, 4.69) is 19.9 Å². The van der Waals surface area contributed by atoms with Crippen LogP contribution in [0.1, 0.15) is 72.2 Å². The standard InChI is InChI=1S/C14H19N3O3S.C12H12N2O6S2.C7H10N2O3S.C7H11NO.C2H3N3S.CH4.HNO2.Na/c1-9-5-6-10(7-11(9)21(18,19)20)17-13(15)8-12(16-17)14(2,3)4;13-7-1-3-9(11(5-7)21(15,16)17)10-4-2-8(14)6-12(10)22(18,19)20;1-5-2-3-6(9-8)4-7(5)13(10,11)12;1-7(2,3)6(9)4-5-8;3-2-4-1-5-6-2;;2-1-3;/h5-8H,15H2,1-4H3,(H,18,19,20);1-6H,13-14H2,(H,15,16,17)(H,18,19,20);2-4,9H,8H2,1H3,(H,10,11,12);4H2,1-3H3;1H,(H2,3,4,5);1H4;(H,2,3);/q;;;;;;;+1/p-1. The van der Waals surface area contributed by atoms with Crippen LogP contribution in [0.3, 0.4) is 0 Å². The monoisotopic (exact) mass is 1170 g/mol. The number of anilines is 5. The SMILES string of the molecule is C.CC(C)(C)C(=O)CC#N.Cc1ccc(-n2nc(C(C)(C)C)cc2N)cc1S(=O)(=O)O.Cc1ccc(NN)cc1S(=O)(=O)O.Nc1ccc(-c2ccc(N)cc2S(=O)(=O)O)c(S(=O)(=O)O)c1.Nc1ncns1.O=N[O-].[Na+]. The molecule has 0 amide bonds. The van der Waals surface area contributed by atoms with E-state index >= 15 is 0 Å². The summed E-state index contributed by atoms with van der Waals surface area (Å²) in [6, 6.07) is 19.8. The molecule has 76 heavy (non-hydrogen) atoms. The summed E-state index contributed by atoms with van der Waals surface area (Å²) in [4.78, 5) is 21.0. The maximum absolute atomic E-state index is 11.5. The maximum Gasteiger partial charge on any atom is 1.00 e. The number of benzene rings is 4. The number of nitrogen functional groups attached to an aromatic ring is 5. The molecule has 412 valence electrons. The number of nitrogens with two attached hydrogens (primary N) is 5. The van der Waals surface area contributed by atoms with Crippen molar-refractivity contribution < 1.29 is 86.2 Å². The van der Waals surface area contributed by atoms with Crippen molar-refractivity contribution in [3.63, 3.8) is 0 Å². The molecule has 15 N–H and O–H groups in total. The van der Waals surface area contributed by atoms with Gasteiger partial charge in [-0.3, -0.25) is 28.8 Å². The van der Waals surface area contributed by atoms with Crippen molar-refractivity contribution in [3.8, 4) is 22.9 Å². The van der Waals surface area contributed by atoms with Crippen LogP contribution in [-0.4, -0.2) is 76.8 Å². The molecule has 0 atom stereocenters. The van der Waals surface area contributed by atoms with Crippen LogP contribution in [0, 0.1) is 40.7 Å². The zero-order chi connectivity index (χ0) is 57.4. The van der Waals surface area contributed by atoms with Gasteiger partial charge in [0.15, 0.2) is 10.9 Å². The number of nitriles is 1. The Balaban J connectivity index is 0. The second kappa shape index (κ2) is 29.9. The summed E-state index contributed by atoms with van der Waals surface area (Å²) >= 11 is 1.19. The molecule has 2 aromatic heterocycles. The van der Waals surface area contributed by atoms with E-state index in [9.17, 15) is 52.1 Å². The van der Waals surface area contributed by atoms with Crippen LogP contribution >= 0.6 is 11.5 Å². The molecule has 0 unspecified atom stereocenters. The fraction of sp³-hybridized carbons (Fsp3) is 0.279. The van der Waals surface area contributed by atoms with E-state index in [-0.39, 0.29) is 92.3 Å². The van der Waals surface area contributed by atoms with Crippen LogP contribution in [0.2, 0.25) is 0 Å². The molecule has 0 spiro atoms. The molecular formula is C43H59N12NaO15S5. The Labute approximate surface area is 467 Å². The van der Waals surface area contributed by atoms with E-state index in [1.165, 1.54) is 58.9 Å². The quantitative estimate of drug-likeness (QED) is 0.0261. The molecule has 0 aliphatic heterocycles. The number of hydrazine groups is 1. The summed E-state index contributed by atoms with van der Waals surface area (Å²) in [5.74, 6) is 5.50. The first-order valence-corrected chi connectivity index (χ1v) is 26.9. The van der Waals surface area contributed by atoms with Crippen molar-refractivity contribution in [3.05, 3.63) is 112 Å². The molecule has 4 aromatic carbocycles. The Morgan fingerprint density at radius 3 is 1.45 bits per heavy atom. The molecule has 27 nitrogen and oxygen atoms in total. The fourth-order valence-corrected chi connectivity index (χ4v) is 8.68. The number of carbonyl (C=O) groups is 1. The molecule has 6 rings (SSSR count). The predicted octanol–water partition coefficient (Wildman–Crippen LogP) is 3.37. The van der Waals surface area contributed by atoms with Crippen LogP contribution in [0.5, 0.6) is 0 Å². The van der Waals surface area contributed by atoms with E-state index in [0.717, 1.165) is 23.2 Å². The number of hydrogen-bond donors (Lipinski definition) is 10. The minimum absolute atomic E-state index is 0. The molecule has 2 heterocycles. The van der Waals surface area contributed by atoms with Gasteiger partial charge in [-0.05, 0) is 73.5 Å². The summed E-state index contributed by atoms with van der Waals surface area (Å²) in [7, 11) is -17.8. The van der Waals surface area contributed by atoms with Crippen molar-refractivity contribution in [1.82, 2.24) is 19.1 Å². The number of rotatable bonds is 8. The van der Waals surface area contributed by atoms with Gasteiger partial charge in [-0.1, -0.05) is 73.2 Å². The summed E-state index contributed by atoms with van der Waals surface area (Å²) in [6.45, 7) is 14.7. The number of nitrogens with one attached hydrogen (secondary N) is 1. The Kier molecular flexibility index (Phi) is 28.3. The smallest absolute Gasteiger partial charge is 0.444 e. The second-order valence-corrected chi connectivity index (χ2v) is 23.3. The third-order valence-electron chi connectivity index (χ3n) is 9.14.